The van der Waals surface area contributed by atoms with E-state index in [1.54, 1.807) is 0 Å². The quantitative estimate of drug-likeness (QED) is 0.655. The minimum absolute atomic E-state index is 0.576. The summed E-state index contributed by atoms with van der Waals surface area (Å²) in [6.07, 6.45) is 4.63. The molecule has 0 heterocycles. The van der Waals surface area contributed by atoms with Crippen molar-refractivity contribution in [2.24, 2.45) is 0 Å². The lowest BCUT2D eigenvalue weighted by Crippen LogP contribution is -2.26. The van der Waals surface area contributed by atoms with Gasteiger partial charge >= 0.3 is 5.97 Å². The van der Waals surface area contributed by atoms with E-state index in [0.717, 1.165) is 38.8 Å². The molecule has 0 aliphatic rings. The molecule has 3 nitrogen and oxygen atoms in total. The highest BCUT2D eigenvalue weighted by Gasteiger charge is 2.01. The van der Waals surface area contributed by atoms with Crippen LogP contribution in [0.4, 0.5) is 0 Å². The monoisotopic (exact) mass is 211 g/mol. The van der Waals surface area contributed by atoms with Gasteiger partial charge in [-0.25, -0.2) is 4.79 Å². The second kappa shape index (κ2) is 9.54. The number of aliphatic carboxylic acids is 1. The van der Waals surface area contributed by atoms with Gasteiger partial charge in [-0.15, -0.1) is 0 Å². The van der Waals surface area contributed by atoms with Gasteiger partial charge in [0, 0.05) is 5.92 Å². The molecule has 0 spiro atoms. The van der Waals surface area contributed by atoms with Crippen molar-refractivity contribution in [2.45, 2.75) is 39.5 Å². The van der Waals surface area contributed by atoms with Gasteiger partial charge in [-0.05, 0) is 25.9 Å². The van der Waals surface area contributed by atoms with E-state index in [2.05, 4.69) is 30.6 Å². The molecule has 0 aromatic carbocycles. The zero-order valence-electron chi connectivity index (χ0n) is 9.75. The highest BCUT2D eigenvalue weighted by atomic mass is 16.4. The zero-order chi connectivity index (χ0) is 11.5. The van der Waals surface area contributed by atoms with Crippen molar-refractivity contribution in [2.75, 3.05) is 19.6 Å². The molecular formula is C12H21NO2. The van der Waals surface area contributed by atoms with Crippen molar-refractivity contribution in [1.82, 2.24) is 4.90 Å². The number of rotatable bonds is 7. The number of nitrogens with zero attached hydrogens (tertiary/aromatic N) is 1. The van der Waals surface area contributed by atoms with E-state index in [-0.39, 0.29) is 0 Å². The van der Waals surface area contributed by atoms with Crippen LogP contribution in [-0.2, 0) is 4.79 Å². The predicted molar refractivity (Wildman–Crippen MR) is 61.7 cm³/mol. The van der Waals surface area contributed by atoms with E-state index in [4.69, 9.17) is 5.11 Å². The maximum absolute atomic E-state index is 10.2. The van der Waals surface area contributed by atoms with E-state index in [9.17, 15) is 4.79 Å². The first-order valence-electron chi connectivity index (χ1n) is 5.64. The molecule has 0 fully saturated rings. The summed E-state index contributed by atoms with van der Waals surface area (Å²) >= 11 is 0. The Morgan fingerprint density at radius 1 is 1.20 bits per heavy atom. The number of unbranched alkanes of at least 4 members (excludes halogenated alkanes) is 2. The summed E-state index contributed by atoms with van der Waals surface area (Å²) in [4.78, 5) is 12.4. The number of hydrogen-bond acceptors (Lipinski definition) is 2. The molecule has 0 bridgehead atoms. The second-order valence-electron chi connectivity index (χ2n) is 3.59. The lowest BCUT2D eigenvalue weighted by atomic mass is 10.2. The van der Waals surface area contributed by atoms with Gasteiger partial charge in [0.2, 0.25) is 0 Å². The Hall–Kier alpha value is -1.01. The number of hydrogen-bond donors (Lipinski definition) is 1. The molecule has 0 aliphatic heterocycles. The highest BCUT2D eigenvalue weighted by molar-refractivity contribution is 5.86. The summed E-state index contributed by atoms with van der Waals surface area (Å²) in [6, 6.07) is 0. The first-order chi connectivity index (χ1) is 7.20. The molecular weight excluding hydrogens is 190 g/mol. The fourth-order valence-corrected chi connectivity index (χ4v) is 1.26. The molecule has 0 aromatic rings. The fourth-order valence-electron chi connectivity index (χ4n) is 1.26. The first-order valence-corrected chi connectivity index (χ1v) is 5.64. The lowest BCUT2D eigenvalue weighted by Gasteiger charge is -2.18. The van der Waals surface area contributed by atoms with Crippen molar-refractivity contribution >= 4 is 5.97 Å². The Balaban J connectivity index is 3.89. The van der Waals surface area contributed by atoms with Crippen molar-refractivity contribution < 1.29 is 9.90 Å². The van der Waals surface area contributed by atoms with Crippen LogP contribution in [0.5, 0.6) is 0 Å². The zero-order valence-corrected chi connectivity index (χ0v) is 9.75. The van der Waals surface area contributed by atoms with Crippen molar-refractivity contribution in [3.63, 3.8) is 0 Å². The Morgan fingerprint density at radius 3 is 2.13 bits per heavy atom. The molecule has 0 amide bonds. The third-order valence-corrected chi connectivity index (χ3v) is 2.15. The highest BCUT2D eigenvalue weighted by Crippen LogP contribution is 1.98. The standard InChI is InChI=1S/C12H21NO2/c1-3-5-9-13(10-6-4-2)11-7-8-12(14)15/h3-6,9-11H2,1-2H3,(H,14,15). The summed E-state index contributed by atoms with van der Waals surface area (Å²) in [6.45, 7) is 6.92. The van der Waals surface area contributed by atoms with E-state index >= 15 is 0 Å². The average molecular weight is 211 g/mol. The third kappa shape index (κ3) is 9.30. The normalized spacial score (nSPS) is 9.80. The summed E-state index contributed by atoms with van der Waals surface area (Å²) in [5.74, 6) is 3.79. The van der Waals surface area contributed by atoms with Crippen LogP contribution < -0.4 is 0 Å². The summed E-state index contributed by atoms with van der Waals surface area (Å²) in [5.41, 5.74) is 0. The van der Waals surface area contributed by atoms with Gasteiger partial charge in [0.25, 0.3) is 0 Å². The topological polar surface area (TPSA) is 40.5 Å². The molecule has 86 valence electrons. The molecule has 0 aliphatic carbocycles. The molecule has 3 heteroatoms. The number of carboxylic acid groups (broad SMARTS) is 1. The van der Waals surface area contributed by atoms with Crippen LogP contribution in [0.3, 0.4) is 0 Å². The maximum atomic E-state index is 10.2. The minimum Gasteiger partial charge on any atom is -0.472 e. The van der Waals surface area contributed by atoms with Crippen molar-refractivity contribution in [3.05, 3.63) is 0 Å². The largest absolute Gasteiger partial charge is 0.472 e. The maximum Gasteiger partial charge on any atom is 0.381 e. The number of carbonyl (C=O) groups is 1. The van der Waals surface area contributed by atoms with E-state index in [1.165, 1.54) is 0 Å². The molecule has 1 N–H and O–H groups in total. The molecule has 0 atom stereocenters. The molecule has 0 saturated carbocycles. The van der Waals surface area contributed by atoms with Crippen LogP contribution >= 0.6 is 0 Å². The molecule has 0 radical (unpaired) electrons. The molecule has 15 heavy (non-hydrogen) atoms. The van der Waals surface area contributed by atoms with Crippen LogP contribution in [0.1, 0.15) is 39.5 Å². The van der Waals surface area contributed by atoms with Crippen molar-refractivity contribution in [3.8, 4) is 11.8 Å². The van der Waals surface area contributed by atoms with Gasteiger partial charge in [0.15, 0.2) is 0 Å². The minimum atomic E-state index is -1.04. The van der Waals surface area contributed by atoms with Crippen LogP contribution in [0, 0.1) is 11.8 Å². The van der Waals surface area contributed by atoms with E-state index in [1.807, 2.05) is 0 Å². The van der Waals surface area contributed by atoms with Gasteiger partial charge in [-0.1, -0.05) is 32.6 Å². The summed E-state index contributed by atoms with van der Waals surface area (Å²) in [5, 5.41) is 8.39. The second-order valence-corrected chi connectivity index (χ2v) is 3.59. The van der Waals surface area contributed by atoms with Gasteiger partial charge in [0.1, 0.15) is 0 Å². The van der Waals surface area contributed by atoms with E-state index in [0.29, 0.717) is 6.54 Å². The van der Waals surface area contributed by atoms with Gasteiger partial charge in [0.05, 0.1) is 6.54 Å². The molecule has 0 saturated heterocycles. The molecule has 0 rings (SSSR count). The SMILES string of the molecule is CCCCN(CC#CC(=O)O)CCCC. The first kappa shape index (κ1) is 14.0. The van der Waals surface area contributed by atoms with Crippen LogP contribution in [-0.4, -0.2) is 35.6 Å². The van der Waals surface area contributed by atoms with Crippen LogP contribution in [0.2, 0.25) is 0 Å². The number of carboxylic acids is 1. The molecule has 0 aromatic heterocycles. The fraction of sp³-hybridized carbons (Fsp3) is 0.750. The Bertz CT molecular complexity index is 220. The van der Waals surface area contributed by atoms with Gasteiger partial charge < -0.3 is 5.11 Å². The van der Waals surface area contributed by atoms with Crippen LogP contribution in [0.15, 0.2) is 0 Å². The lowest BCUT2D eigenvalue weighted by molar-refractivity contribution is -0.130. The van der Waals surface area contributed by atoms with Gasteiger partial charge in [-0.2, -0.15) is 0 Å². The smallest absolute Gasteiger partial charge is 0.381 e. The van der Waals surface area contributed by atoms with Crippen molar-refractivity contribution in [1.29, 1.82) is 0 Å². The Labute approximate surface area is 92.5 Å². The predicted octanol–water partition coefficient (Wildman–Crippen LogP) is 1.98. The van der Waals surface area contributed by atoms with Gasteiger partial charge in [-0.3, -0.25) is 4.90 Å². The van der Waals surface area contributed by atoms with E-state index < -0.39 is 5.97 Å². The summed E-state index contributed by atoms with van der Waals surface area (Å²) < 4.78 is 0. The average Bonchev–Trinajstić information content (AvgIpc) is 2.20. The Morgan fingerprint density at radius 2 is 1.73 bits per heavy atom. The Kier molecular flexibility index (Phi) is 8.90. The van der Waals surface area contributed by atoms with Crippen LogP contribution in [0.25, 0.3) is 0 Å². The molecule has 0 unspecified atom stereocenters. The third-order valence-electron chi connectivity index (χ3n) is 2.15. The summed E-state index contributed by atoms with van der Waals surface area (Å²) in [7, 11) is 0.